The van der Waals surface area contributed by atoms with Crippen molar-refractivity contribution in [3.63, 3.8) is 0 Å². The van der Waals surface area contributed by atoms with Crippen LogP contribution in [0.2, 0.25) is 0 Å². The van der Waals surface area contributed by atoms with Gasteiger partial charge in [0.2, 0.25) is 5.95 Å². The number of anilines is 2. The van der Waals surface area contributed by atoms with E-state index in [1.165, 1.54) is 5.56 Å². The standard InChI is InChI=1S/C24H28N4O/c1-17(2)20-10-12-21(13-11-20)26-24-25-15-14-22(27-24)23(29)28(18(3)4)16-19-8-6-5-7-9-19/h5-15,17-18H,16H2,1-4H3,(H,25,26,27). The first-order valence-electron chi connectivity index (χ1n) is 9.99. The third-order valence-electron chi connectivity index (χ3n) is 4.79. The summed E-state index contributed by atoms with van der Waals surface area (Å²) < 4.78 is 0. The normalized spacial score (nSPS) is 11.0. The van der Waals surface area contributed by atoms with Crippen LogP contribution in [0.3, 0.4) is 0 Å². The Balaban J connectivity index is 1.77. The zero-order chi connectivity index (χ0) is 20.8. The minimum Gasteiger partial charge on any atom is -0.331 e. The summed E-state index contributed by atoms with van der Waals surface area (Å²) in [5.74, 6) is 0.786. The molecule has 0 bridgehead atoms. The summed E-state index contributed by atoms with van der Waals surface area (Å²) in [5.41, 5.74) is 3.64. The summed E-state index contributed by atoms with van der Waals surface area (Å²) in [7, 11) is 0. The topological polar surface area (TPSA) is 58.1 Å². The Morgan fingerprint density at radius 3 is 2.28 bits per heavy atom. The van der Waals surface area contributed by atoms with Gasteiger partial charge >= 0.3 is 0 Å². The molecule has 5 nitrogen and oxygen atoms in total. The Morgan fingerprint density at radius 2 is 1.66 bits per heavy atom. The molecule has 0 aliphatic carbocycles. The predicted octanol–water partition coefficient (Wildman–Crippen LogP) is 5.39. The van der Waals surface area contributed by atoms with Gasteiger partial charge in [-0.15, -0.1) is 0 Å². The van der Waals surface area contributed by atoms with Crippen molar-refractivity contribution in [2.45, 2.75) is 46.2 Å². The molecular formula is C24H28N4O. The maximum absolute atomic E-state index is 13.1. The SMILES string of the molecule is CC(C)c1ccc(Nc2nccc(C(=O)N(Cc3ccccc3)C(C)C)n2)cc1. The number of aromatic nitrogens is 2. The van der Waals surface area contributed by atoms with E-state index in [9.17, 15) is 4.79 Å². The van der Waals surface area contributed by atoms with E-state index in [0.717, 1.165) is 11.3 Å². The van der Waals surface area contributed by atoms with Crippen molar-refractivity contribution in [2.75, 3.05) is 5.32 Å². The van der Waals surface area contributed by atoms with Crippen molar-refractivity contribution in [2.24, 2.45) is 0 Å². The van der Waals surface area contributed by atoms with Crippen LogP contribution in [-0.2, 0) is 6.54 Å². The highest BCUT2D eigenvalue weighted by atomic mass is 16.2. The predicted molar refractivity (Wildman–Crippen MR) is 117 cm³/mol. The lowest BCUT2D eigenvalue weighted by Crippen LogP contribution is -2.37. The smallest absolute Gasteiger partial charge is 0.273 e. The molecule has 1 amide bonds. The van der Waals surface area contributed by atoms with Gasteiger partial charge in [0.1, 0.15) is 5.69 Å². The largest absolute Gasteiger partial charge is 0.331 e. The summed E-state index contributed by atoms with van der Waals surface area (Å²) in [6.45, 7) is 8.89. The lowest BCUT2D eigenvalue weighted by Gasteiger charge is -2.26. The van der Waals surface area contributed by atoms with Crippen LogP contribution < -0.4 is 5.32 Å². The number of carbonyl (C=O) groups is 1. The lowest BCUT2D eigenvalue weighted by molar-refractivity contribution is 0.0684. The van der Waals surface area contributed by atoms with Crippen molar-refractivity contribution in [1.82, 2.24) is 14.9 Å². The van der Waals surface area contributed by atoms with Crippen molar-refractivity contribution < 1.29 is 4.79 Å². The average Bonchev–Trinajstić information content (AvgIpc) is 2.72. The molecule has 3 aromatic rings. The molecule has 1 N–H and O–H groups in total. The highest BCUT2D eigenvalue weighted by molar-refractivity contribution is 5.92. The molecule has 0 spiro atoms. The van der Waals surface area contributed by atoms with Gasteiger partial charge in [0.15, 0.2) is 0 Å². The second-order valence-corrected chi connectivity index (χ2v) is 7.68. The molecule has 1 heterocycles. The van der Waals surface area contributed by atoms with Crippen LogP contribution in [0.25, 0.3) is 0 Å². The lowest BCUT2D eigenvalue weighted by atomic mass is 10.0. The summed E-state index contributed by atoms with van der Waals surface area (Å²) in [5, 5.41) is 3.19. The van der Waals surface area contributed by atoms with E-state index >= 15 is 0 Å². The number of benzene rings is 2. The third-order valence-corrected chi connectivity index (χ3v) is 4.79. The van der Waals surface area contributed by atoms with Gasteiger partial charge in [-0.3, -0.25) is 4.79 Å². The van der Waals surface area contributed by atoms with E-state index in [4.69, 9.17) is 0 Å². The minimum atomic E-state index is -0.107. The number of carbonyl (C=O) groups excluding carboxylic acids is 1. The van der Waals surface area contributed by atoms with Crippen molar-refractivity contribution in [1.29, 1.82) is 0 Å². The fourth-order valence-corrected chi connectivity index (χ4v) is 3.03. The quantitative estimate of drug-likeness (QED) is 0.589. The maximum atomic E-state index is 13.1. The molecular weight excluding hydrogens is 360 g/mol. The summed E-state index contributed by atoms with van der Waals surface area (Å²) in [6.07, 6.45) is 1.62. The van der Waals surface area contributed by atoms with E-state index in [0.29, 0.717) is 24.1 Å². The monoisotopic (exact) mass is 388 g/mol. The van der Waals surface area contributed by atoms with Gasteiger partial charge in [0.05, 0.1) is 0 Å². The minimum absolute atomic E-state index is 0.0534. The highest BCUT2D eigenvalue weighted by Crippen LogP contribution is 2.19. The first-order valence-corrected chi connectivity index (χ1v) is 9.99. The molecule has 0 aliphatic rings. The average molecular weight is 389 g/mol. The van der Waals surface area contributed by atoms with Crippen LogP contribution in [0.4, 0.5) is 11.6 Å². The number of nitrogens with one attached hydrogen (secondary N) is 1. The van der Waals surface area contributed by atoms with Gasteiger partial charge in [-0.25, -0.2) is 9.97 Å². The first-order chi connectivity index (χ1) is 13.9. The first kappa shape index (κ1) is 20.5. The van der Waals surface area contributed by atoms with Gasteiger partial charge in [0, 0.05) is 24.5 Å². The number of nitrogens with zero attached hydrogens (tertiary/aromatic N) is 3. The van der Waals surface area contributed by atoms with E-state index in [1.54, 1.807) is 12.3 Å². The molecule has 0 radical (unpaired) electrons. The molecule has 29 heavy (non-hydrogen) atoms. The number of rotatable bonds is 7. The summed E-state index contributed by atoms with van der Waals surface area (Å²) in [6, 6.07) is 19.9. The second-order valence-electron chi connectivity index (χ2n) is 7.68. The van der Waals surface area contributed by atoms with Crippen LogP contribution in [0.1, 0.15) is 55.2 Å². The number of amides is 1. The molecule has 0 atom stereocenters. The van der Waals surface area contributed by atoms with Gasteiger partial charge < -0.3 is 10.2 Å². The molecule has 3 rings (SSSR count). The van der Waals surface area contributed by atoms with Gasteiger partial charge in [-0.1, -0.05) is 56.3 Å². The zero-order valence-electron chi connectivity index (χ0n) is 17.5. The molecule has 5 heteroatoms. The molecule has 0 unspecified atom stereocenters. The third kappa shape index (κ3) is 5.41. The Hall–Kier alpha value is -3.21. The summed E-state index contributed by atoms with van der Waals surface area (Å²) in [4.78, 5) is 23.7. The van der Waals surface area contributed by atoms with Gasteiger partial charge in [-0.05, 0) is 49.1 Å². The van der Waals surface area contributed by atoms with Crippen molar-refractivity contribution >= 4 is 17.5 Å². The molecule has 0 aliphatic heterocycles. The van der Waals surface area contributed by atoms with Crippen molar-refractivity contribution in [3.8, 4) is 0 Å². The number of hydrogen-bond acceptors (Lipinski definition) is 4. The molecule has 0 saturated heterocycles. The summed E-state index contributed by atoms with van der Waals surface area (Å²) >= 11 is 0. The van der Waals surface area contributed by atoms with E-state index < -0.39 is 0 Å². The fourth-order valence-electron chi connectivity index (χ4n) is 3.03. The highest BCUT2D eigenvalue weighted by Gasteiger charge is 2.21. The zero-order valence-corrected chi connectivity index (χ0v) is 17.5. The molecule has 150 valence electrons. The second kappa shape index (κ2) is 9.32. The Morgan fingerprint density at radius 1 is 0.966 bits per heavy atom. The Labute approximate surface area is 172 Å². The van der Waals surface area contributed by atoms with E-state index in [2.05, 4.69) is 41.3 Å². The van der Waals surface area contributed by atoms with Gasteiger partial charge in [0.25, 0.3) is 5.91 Å². The van der Waals surface area contributed by atoms with Crippen LogP contribution >= 0.6 is 0 Å². The van der Waals surface area contributed by atoms with Gasteiger partial charge in [-0.2, -0.15) is 0 Å². The Kier molecular flexibility index (Phi) is 6.60. The maximum Gasteiger partial charge on any atom is 0.273 e. The van der Waals surface area contributed by atoms with E-state index in [1.807, 2.05) is 61.2 Å². The fraction of sp³-hybridized carbons (Fsp3) is 0.292. The Bertz CT molecular complexity index is 937. The van der Waals surface area contributed by atoms with Crippen LogP contribution in [0.15, 0.2) is 66.9 Å². The van der Waals surface area contributed by atoms with Crippen LogP contribution in [0, 0.1) is 0 Å². The van der Waals surface area contributed by atoms with Crippen LogP contribution in [0.5, 0.6) is 0 Å². The molecule has 1 aromatic heterocycles. The molecule has 0 fully saturated rings. The molecule has 2 aromatic carbocycles. The van der Waals surface area contributed by atoms with E-state index in [-0.39, 0.29) is 11.9 Å². The molecule has 0 saturated carbocycles. The van der Waals surface area contributed by atoms with Crippen molar-refractivity contribution in [3.05, 3.63) is 83.7 Å². The van der Waals surface area contributed by atoms with Crippen LogP contribution in [-0.4, -0.2) is 26.8 Å². The number of hydrogen-bond donors (Lipinski definition) is 1.